The van der Waals surface area contributed by atoms with Gasteiger partial charge in [0.1, 0.15) is 0 Å². The summed E-state index contributed by atoms with van der Waals surface area (Å²) in [7, 11) is 0. The van der Waals surface area contributed by atoms with Crippen LogP contribution in [0.3, 0.4) is 0 Å². The second-order valence-electron chi connectivity index (χ2n) is 11.4. The average molecular weight is 649 g/mol. The number of unbranched alkanes of at least 4 members (excludes halogenated alkanes) is 1. The van der Waals surface area contributed by atoms with Crippen LogP contribution in [-0.2, 0) is 25.5 Å². The van der Waals surface area contributed by atoms with E-state index in [1.807, 2.05) is 6.07 Å². The molecule has 0 aliphatic heterocycles. The summed E-state index contributed by atoms with van der Waals surface area (Å²) in [6.07, 6.45) is 1.69. The summed E-state index contributed by atoms with van der Waals surface area (Å²) in [6, 6.07) is 11.6. The fourth-order valence-electron chi connectivity index (χ4n) is 5.52. The van der Waals surface area contributed by atoms with Crippen LogP contribution < -0.4 is 9.47 Å². The molecule has 46 heavy (non-hydrogen) atoms. The molecule has 2 N–H and O–H groups in total. The number of esters is 2. The molecule has 1 fully saturated rings. The monoisotopic (exact) mass is 648 g/mol. The number of aryl methyl sites for hydroxylation is 1. The zero-order valence-corrected chi connectivity index (χ0v) is 26.2. The fraction of sp³-hybridized carbons (Fsp3) is 0.486. The van der Waals surface area contributed by atoms with Gasteiger partial charge in [-0.05, 0) is 84.7 Å². The first kappa shape index (κ1) is 36.6. The maximum Gasteiger partial charge on any atom is 0.389 e. The van der Waals surface area contributed by atoms with Gasteiger partial charge in [0.05, 0.1) is 24.4 Å². The zero-order chi connectivity index (χ0) is 33.7. The van der Waals surface area contributed by atoms with Gasteiger partial charge in [0, 0.05) is 6.42 Å². The van der Waals surface area contributed by atoms with Gasteiger partial charge in [0.15, 0.2) is 11.5 Å². The molecule has 0 spiro atoms. The number of ether oxygens (including phenoxy) is 4. The van der Waals surface area contributed by atoms with Crippen molar-refractivity contribution >= 4 is 11.9 Å². The quantitative estimate of drug-likeness (QED) is 0.0804. The Morgan fingerprint density at radius 3 is 2.02 bits per heavy atom. The molecule has 11 heteroatoms. The number of halogens is 3. The van der Waals surface area contributed by atoms with Crippen molar-refractivity contribution in [1.82, 2.24) is 0 Å². The molecular weight excluding hydrogens is 605 g/mol. The molecule has 1 aliphatic rings. The number of carbonyl (C=O) groups is 2. The minimum atomic E-state index is -4.08. The first-order chi connectivity index (χ1) is 21.9. The van der Waals surface area contributed by atoms with E-state index in [1.165, 1.54) is 5.56 Å². The smallest absolute Gasteiger partial charge is 0.389 e. The van der Waals surface area contributed by atoms with Crippen molar-refractivity contribution < 1.29 is 51.9 Å². The van der Waals surface area contributed by atoms with Crippen LogP contribution in [0.1, 0.15) is 75.3 Å². The highest BCUT2D eigenvalue weighted by atomic mass is 19.4. The van der Waals surface area contributed by atoms with Crippen LogP contribution in [0, 0.1) is 5.92 Å². The second-order valence-corrected chi connectivity index (χ2v) is 11.4. The first-order valence-corrected chi connectivity index (χ1v) is 15.5. The summed E-state index contributed by atoms with van der Waals surface area (Å²) < 4.78 is 58.6. The van der Waals surface area contributed by atoms with Gasteiger partial charge in [-0.25, -0.2) is 9.59 Å². The molecule has 1 aliphatic carbocycles. The third-order valence-electron chi connectivity index (χ3n) is 8.17. The van der Waals surface area contributed by atoms with E-state index >= 15 is 0 Å². The van der Waals surface area contributed by atoms with E-state index in [-0.39, 0.29) is 29.1 Å². The Labute approximate surface area is 267 Å². The van der Waals surface area contributed by atoms with Crippen LogP contribution >= 0.6 is 0 Å². The topological polar surface area (TPSA) is 112 Å². The number of rotatable bonds is 17. The van der Waals surface area contributed by atoms with Crippen LogP contribution in [0.25, 0.3) is 11.1 Å². The van der Waals surface area contributed by atoms with Crippen LogP contribution in [-0.4, -0.2) is 55.1 Å². The molecule has 0 amide bonds. The van der Waals surface area contributed by atoms with E-state index in [4.69, 9.17) is 29.2 Å². The predicted octanol–water partition coefficient (Wildman–Crippen LogP) is 7.17. The lowest BCUT2D eigenvalue weighted by atomic mass is 9.76. The van der Waals surface area contributed by atoms with Crippen molar-refractivity contribution in [3.8, 4) is 22.6 Å². The summed E-state index contributed by atoms with van der Waals surface area (Å²) >= 11 is 0. The molecule has 2 aromatic carbocycles. The Hall–Kier alpha value is -3.83. The minimum Gasteiger partial charge on any atom is -0.453 e. The van der Waals surface area contributed by atoms with Crippen LogP contribution in [0.4, 0.5) is 13.2 Å². The molecule has 0 heterocycles. The van der Waals surface area contributed by atoms with E-state index < -0.39 is 51.3 Å². The highest BCUT2D eigenvalue weighted by Gasteiger charge is 2.27. The molecule has 1 saturated carbocycles. The zero-order valence-electron chi connectivity index (χ0n) is 26.2. The Morgan fingerprint density at radius 1 is 0.848 bits per heavy atom. The highest BCUT2D eigenvalue weighted by Crippen LogP contribution is 2.40. The van der Waals surface area contributed by atoms with Gasteiger partial charge in [-0.15, -0.1) is 0 Å². The number of aliphatic hydroxyl groups excluding tert-OH is 2. The Balaban J connectivity index is 1.71. The second kappa shape index (κ2) is 17.8. The van der Waals surface area contributed by atoms with E-state index in [0.717, 1.165) is 55.2 Å². The summed E-state index contributed by atoms with van der Waals surface area (Å²) in [4.78, 5) is 23.7. The van der Waals surface area contributed by atoms with Crippen molar-refractivity contribution in [2.45, 2.75) is 76.8 Å². The molecule has 8 nitrogen and oxygen atoms in total. The molecule has 0 unspecified atom stereocenters. The minimum absolute atomic E-state index is 0.130. The van der Waals surface area contributed by atoms with Gasteiger partial charge in [-0.3, -0.25) is 0 Å². The van der Waals surface area contributed by atoms with Crippen molar-refractivity contribution in [2.75, 3.05) is 26.8 Å². The average Bonchev–Trinajstić information content (AvgIpc) is 3.05. The van der Waals surface area contributed by atoms with Crippen molar-refractivity contribution in [2.24, 2.45) is 5.92 Å². The molecular formula is C35H43F3O8. The van der Waals surface area contributed by atoms with Crippen LogP contribution in [0.2, 0.25) is 0 Å². The van der Waals surface area contributed by atoms with Crippen LogP contribution in [0.5, 0.6) is 11.5 Å². The van der Waals surface area contributed by atoms with Crippen molar-refractivity contribution in [1.29, 1.82) is 0 Å². The maximum absolute atomic E-state index is 12.4. The number of hydrogen-bond acceptors (Lipinski definition) is 8. The van der Waals surface area contributed by atoms with E-state index in [9.17, 15) is 22.8 Å². The summed E-state index contributed by atoms with van der Waals surface area (Å²) in [5, 5.41) is 18.1. The van der Waals surface area contributed by atoms with Crippen molar-refractivity contribution in [3.05, 3.63) is 71.8 Å². The van der Waals surface area contributed by atoms with E-state index in [2.05, 4.69) is 38.3 Å². The highest BCUT2D eigenvalue weighted by molar-refractivity contribution is 5.88. The number of hydrogen-bond donors (Lipinski definition) is 2. The van der Waals surface area contributed by atoms with Gasteiger partial charge in [0.2, 0.25) is 13.6 Å². The third kappa shape index (κ3) is 11.2. The third-order valence-corrected chi connectivity index (χ3v) is 8.17. The summed E-state index contributed by atoms with van der Waals surface area (Å²) in [5.41, 5.74) is 3.88. The molecule has 3 rings (SSSR count). The molecule has 0 atom stereocenters. The maximum atomic E-state index is 12.4. The Morgan fingerprint density at radius 2 is 1.46 bits per heavy atom. The largest absolute Gasteiger partial charge is 0.453 e. The SMILES string of the molecule is C=C(CO)C(=O)OCOc1ccc(-c2ccc(C3CCC(CCCCC(F)(F)F)CC3)cc2CC)cc1OCOC(=O)C(=C)CO. The summed E-state index contributed by atoms with van der Waals surface area (Å²) in [6.45, 7) is 6.80. The summed E-state index contributed by atoms with van der Waals surface area (Å²) in [5.74, 6) is -0.360. The fourth-order valence-corrected chi connectivity index (χ4v) is 5.52. The van der Waals surface area contributed by atoms with Gasteiger partial charge in [0.25, 0.3) is 0 Å². The predicted molar refractivity (Wildman–Crippen MR) is 166 cm³/mol. The number of carbonyl (C=O) groups excluding carboxylic acids is 2. The van der Waals surface area contributed by atoms with Gasteiger partial charge in [-0.2, -0.15) is 13.2 Å². The number of benzene rings is 2. The van der Waals surface area contributed by atoms with Crippen LogP contribution in [0.15, 0.2) is 60.7 Å². The molecule has 0 saturated heterocycles. The molecule has 252 valence electrons. The Bertz CT molecular complexity index is 1350. The molecule has 2 aromatic rings. The van der Waals surface area contributed by atoms with Gasteiger partial charge in [-0.1, -0.05) is 57.2 Å². The molecule has 0 bridgehead atoms. The Kier molecular flexibility index (Phi) is 14.1. The van der Waals surface area contributed by atoms with Crippen molar-refractivity contribution in [3.63, 3.8) is 0 Å². The molecule has 0 aromatic heterocycles. The lowest BCUT2D eigenvalue weighted by molar-refractivity contribution is -0.147. The number of alkyl halides is 3. The first-order valence-electron chi connectivity index (χ1n) is 15.5. The van der Waals surface area contributed by atoms with Gasteiger partial charge >= 0.3 is 18.1 Å². The standard InChI is InChI=1S/C35H43F3O8/c1-4-26-17-28(27-10-8-25(9-11-27)7-5-6-16-35(36,37)38)12-14-30(26)29-13-15-31(43-21-45-33(41)23(2)19-39)32(18-29)44-22-46-34(42)24(3)20-40/h12-15,17-18,25,27,39-40H,2-11,16,19-22H2,1H3. The molecule has 0 radical (unpaired) electrons. The van der Waals surface area contributed by atoms with Gasteiger partial charge < -0.3 is 29.2 Å². The van der Waals surface area contributed by atoms with E-state index in [1.54, 1.807) is 12.1 Å². The normalized spacial score (nSPS) is 16.4. The lowest BCUT2D eigenvalue weighted by Crippen LogP contribution is -2.15. The number of aliphatic hydroxyl groups is 2. The van der Waals surface area contributed by atoms with E-state index in [0.29, 0.717) is 18.3 Å². The lowest BCUT2D eigenvalue weighted by Gasteiger charge is -2.29.